The molecule has 19 heavy (non-hydrogen) atoms. The van der Waals surface area contributed by atoms with E-state index in [1.807, 2.05) is 20.8 Å². The summed E-state index contributed by atoms with van der Waals surface area (Å²) in [7, 11) is 0. The summed E-state index contributed by atoms with van der Waals surface area (Å²) in [5.41, 5.74) is 0. The van der Waals surface area contributed by atoms with Crippen molar-refractivity contribution in [2.75, 3.05) is 24.6 Å². The van der Waals surface area contributed by atoms with Crippen LogP contribution in [0.1, 0.15) is 27.2 Å². The number of aliphatic carboxylic acids is 1. The molecule has 0 saturated carbocycles. The van der Waals surface area contributed by atoms with Gasteiger partial charge in [-0.15, -0.1) is 0 Å². The number of likely N-dealkylation sites (N-methyl/N-ethyl adjacent to an activating group) is 1. The van der Waals surface area contributed by atoms with Gasteiger partial charge in [-0.2, -0.15) is 11.8 Å². The topological polar surface area (TPSA) is 86.7 Å². The van der Waals surface area contributed by atoms with Crippen LogP contribution in [-0.4, -0.2) is 58.4 Å². The standard InChI is InChI=1S/C12H22N2O4S/c1-4-14(7-10(15)13-9(2)3)11(16)8-19-6-5-12(17)18/h9H,4-8H2,1-3H3,(H,13,15)(H,17,18). The second-order valence-electron chi connectivity index (χ2n) is 4.33. The molecule has 0 rings (SSSR count). The molecule has 0 saturated heterocycles. The Kier molecular flexibility index (Phi) is 9.03. The van der Waals surface area contributed by atoms with Gasteiger partial charge in [0.15, 0.2) is 0 Å². The molecule has 0 aliphatic carbocycles. The van der Waals surface area contributed by atoms with Gasteiger partial charge in [-0.1, -0.05) is 0 Å². The molecular formula is C12H22N2O4S. The normalized spacial score (nSPS) is 10.3. The minimum absolute atomic E-state index is 0.0396. The molecular weight excluding hydrogens is 268 g/mol. The number of amides is 2. The third-order valence-corrected chi connectivity index (χ3v) is 3.15. The third kappa shape index (κ3) is 9.35. The number of carbonyl (C=O) groups is 3. The van der Waals surface area contributed by atoms with E-state index in [1.165, 1.54) is 16.7 Å². The lowest BCUT2D eigenvalue weighted by Gasteiger charge is -2.21. The molecule has 0 aliphatic heterocycles. The van der Waals surface area contributed by atoms with Crippen molar-refractivity contribution in [1.29, 1.82) is 0 Å². The molecule has 0 bridgehead atoms. The Hall–Kier alpha value is -1.24. The zero-order valence-corrected chi connectivity index (χ0v) is 12.5. The zero-order valence-electron chi connectivity index (χ0n) is 11.6. The predicted octanol–water partition coefficient (Wildman–Crippen LogP) is 0.567. The highest BCUT2D eigenvalue weighted by molar-refractivity contribution is 7.99. The fourth-order valence-corrected chi connectivity index (χ4v) is 2.15. The number of rotatable bonds is 9. The summed E-state index contributed by atoms with van der Waals surface area (Å²) in [6, 6.07) is 0.0475. The van der Waals surface area contributed by atoms with Gasteiger partial charge in [-0.05, 0) is 20.8 Å². The molecule has 0 heterocycles. The van der Waals surface area contributed by atoms with Gasteiger partial charge in [0, 0.05) is 18.3 Å². The Balaban J connectivity index is 4.03. The Morgan fingerprint density at radius 2 is 1.95 bits per heavy atom. The summed E-state index contributed by atoms with van der Waals surface area (Å²) in [4.78, 5) is 35.2. The molecule has 0 fully saturated rings. The van der Waals surface area contributed by atoms with Crippen LogP contribution in [0.2, 0.25) is 0 Å². The molecule has 0 aromatic carbocycles. The first-order valence-corrected chi connectivity index (χ1v) is 7.39. The summed E-state index contributed by atoms with van der Waals surface area (Å²) in [5, 5.41) is 11.2. The molecule has 2 N–H and O–H groups in total. The van der Waals surface area contributed by atoms with E-state index in [9.17, 15) is 14.4 Å². The van der Waals surface area contributed by atoms with E-state index in [1.54, 1.807) is 0 Å². The summed E-state index contributed by atoms with van der Waals surface area (Å²) in [6.07, 6.45) is 0.0396. The Morgan fingerprint density at radius 3 is 2.42 bits per heavy atom. The summed E-state index contributed by atoms with van der Waals surface area (Å²) in [6.45, 7) is 6.04. The van der Waals surface area contributed by atoms with E-state index in [0.29, 0.717) is 12.3 Å². The highest BCUT2D eigenvalue weighted by Crippen LogP contribution is 2.05. The van der Waals surface area contributed by atoms with Crippen molar-refractivity contribution in [2.24, 2.45) is 0 Å². The molecule has 6 nitrogen and oxygen atoms in total. The second kappa shape index (κ2) is 9.66. The molecule has 0 radical (unpaired) electrons. The van der Waals surface area contributed by atoms with Gasteiger partial charge in [-0.3, -0.25) is 14.4 Å². The lowest BCUT2D eigenvalue weighted by Crippen LogP contribution is -2.43. The van der Waals surface area contributed by atoms with Crippen molar-refractivity contribution in [3.05, 3.63) is 0 Å². The fourth-order valence-electron chi connectivity index (χ4n) is 1.33. The fraction of sp³-hybridized carbons (Fsp3) is 0.750. The summed E-state index contributed by atoms with van der Waals surface area (Å²) >= 11 is 1.27. The lowest BCUT2D eigenvalue weighted by atomic mass is 10.3. The van der Waals surface area contributed by atoms with Crippen LogP contribution in [0.5, 0.6) is 0 Å². The molecule has 0 unspecified atom stereocenters. The molecule has 0 spiro atoms. The van der Waals surface area contributed by atoms with E-state index in [2.05, 4.69) is 5.32 Å². The van der Waals surface area contributed by atoms with Crippen LogP contribution in [0.25, 0.3) is 0 Å². The number of nitrogens with one attached hydrogen (secondary N) is 1. The maximum atomic E-state index is 11.8. The summed E-state index contributed by atoms with van der Waals surface area (Å²) < 4.78 is 0. The van der Waals surface area contributed by atoms with Gasteiger partial charge in [0.05, 0.1) is 18.7 Å². The van der Waals surface area contributed by atoms with Crippen molar-refractivity contribution in [2.45, 2.75) is 33.2 Å². The van der Waals surface area contributed by atoms with Crippen molar-refractivity contribution >= 4 is 29.5 Å². The van der Waals surface area contributed by atoms with Crippen LogP contribution in [0, 0.1) is 0 Å². The van der Waals surface area contributed by atoms with Gasteiger partial charge >= 0.3 is 5.97 Å². The van der Waals surface area contributed by atoms with Gasteiger partial charge in [-0.25, -0.2) is 0 Å². The number of hydrogen-bond donors (Lipinski definition) is 2. The maximum Gasteiger partial charge on any atom is 0.304 e. The first-order valence-electron chi connectivity index (χ1n) is 6.23. The number of carboxylic acids is 1. The quantitative estimate of drug-likeness (QED) is 0.606. The Labute approximate surface area is 117 Å². The number of hydrogen-bond acceptors (Lipinski definition) is 4. The van der Waals surface area contributed by atoms with E-state index in [-0.39, 0.29) is 36.6 Å². The summed E-state index contributed by atoms with van der Waals surface area (Å²) in [5.74, 6) is -0.589. The largest absolute Gasteiger partial charge is 0.481 e. The van der Waals surface area contributed by atoms with Crippen molar-refractivity contribution in [3.8, 4) is 0 Å². The second-order valence-corrected chi connectivity index (χ2v) is 5.43. The predicted molar refractivity (Wildman–Crippen MR) is 75.1 cm³/mol. The number of nitrogens with zero attached hydrogens (tertiary/aromatic N) is 1. The van der Waals surface area contributed by atoms with Crippen molar-refractivity contribution in [3.63, 3.8) is 0 Å². The van der Waals surface area contributed by atoms with Gasteiger partial charge < -0.3 is 15.3 Å². The van der Waals surface area contributed by atoms with Gasteiger partial charge in [0.25, 0.3) is 0 Å². The van der Waals surface area contributed by atoms with Gasteiger partial charge in [0.2, 0.25) is 11.8 Å². The number of thioether (sulfide) groups is 1. The van der Waals surface area contributed by atoms with Crippen LogP contribution in [0.3, 0.4) is 0 Å². The molecule has 0 aromatic heterocycles. The van der Waals surface area contributed by atoms with Crippen LogP contribution in [0.4, 0.5) is 0 Å². The lowest BCUT2D eigenvalue weighted by molar-refractivity contribution is -0.136. The average molecular weight is 290 g/mol. The zero-order chi connectivity index (χ0) is 14.8. The Bertz CT molecular complexity index is 321. The smallest absolute Gasteiger partial charge is 0.304 e. The average Bonchev–Trinajstić information content (AvgIpc) is 2.30. The monoisotopic (exact) mass is 290 g/mol. The minimum Gasteiger partial charge on any atom is -0.481 e. The van der Waals surface area contributed by atoms with E-state index >= 15 is 0 Å². The maximum absolute atomic E-state index is 11.8. The van der Waals surface area contributed by atoms with Gasteiger partial charge in [0.1, 0.15) is 0 Å². The molecule has 0 atom stereocenters. The van der Waals surface area contributed by atoms with E-state index in [0.717, 1.165) is 0 Å². The first kappa shape index (κ1) is 17.8. The van der Waals surface area contributed by atoms with Crippen molar-refractivity contribution < 1.29 is 19.5 Å². The number of carboxylic acid groups (broad SMARTS) is 1. The molecule has 7 heteroatoms. The molecule has 2 amide bonds. The minimum atomic E-state index is -0.872. The highest BCUT2D eigenvalue weighted by atomic mass is 32.2. The first-order chi connectivity index (χ1) is 8.86. The van der Waals surface area contributed by atoms with Crippen LogP contribution < -0.4 is 5.32 Å². The molecule has 0 aliphatic rings. The van der Waals surface area contributed by atoms with Crippen molar-refractivity contribution in [1.82, 2.24) is 10.2 Å². The number of carbonyl (C=O) groups excluding carboxylic acids is 2. The van der Waals surface area contributed by atoms with Crippen LogP contribution >= 0.6 is 11.8 Å². The van der Waals surface area contributed by atoms with E-state index in [4.69, 9.17) is 5.11 Å². The van der Waals surface area contributed by atoms with E-state index < -0.39 is 5.97 Å². The highest BCUT2D eigenvalue weighted by Gasteiger charge is 2.15. The van der Waals surface area contributed by atoms with Crippen LogP contribution in [0.15, 0.2) is 0 Å². The van der Waals surface area contributed by atoms with Crippen LogP contribution in [-0.2, 0) is 14.4 Å². The molecule has 110 valence electrons. The Morgan fingerprint density at radius 1 is 1.32 bits per heavy atom. The SMILES string of the molecule is CCN(CC(=O)NC(C)C)C(=O)CSCCC(=O)O. The third-order valence-electron chi connectivity index (χ3n) is 2.20. The molecule has 0 aromatic rings.